The minimum Gasteiger partial charge on any atom is -0.505 e. The SMILES string of the molecule is NCC1CN(C(=O)c2ccncc2O)CCO1. The summed E-state index contributed by atoms with van der Waals surface area (Å²) < 4.78 is 5.38. The molecule has 0 radical (unpaired) electrons. The molecule has 1 aromatic rings. The van der Waals surface area contributed by atoms with Crippen LogP contribution in [-0.4, -0.2) is 53.2 Å². The van der Waals surface area contributed by atoms with Crippen molar-refractivity contribution >= 4 is 5.91 Å². The Morgan fingerprint density at radius 1 is 1.71 bits per heavy atom. The van der Waals surface area contributed by atoms with Crippen molar-refractivity contribution in [3.05, 3.63) is 24.0 Å². The maximum absolute atomic E-state index is 12.1. The van der Waals surface area contributed by atoms with Crippen molar-refractivity contribution in [2.45, 2.75) is 6.10 Å². The molecule has 3 N–H and O–H groups in total. The van der Waals surface area contributed by atoms with Gasteiger partial charge in [-0.25, -0.2) is 0 Å². The first-order valence-electron chi connectivity index (χ1n) is 5.46. The van der Waals surface area contributed by atoms with E-state index < -0.39 is 0 Å². The number of aromatic hydroxyl groups is 1. The molecule has 1 aromatic heterocycles. The summed E-state index contributed by atoms with van der Waals surface area (Å²) in [5.74, 6) is -0.319. The number of morpholine rings is 1. The van der Waals surface area contributed by atoms with Gasteiger partial charge in [0.2, 0.25) is 0 Å². The van der Waals surface area contributed by atoms with Crippen LogP contribution in [0.4, 0.5) is 0 Å². The highest BCUT2D eigenvalue weighted by molar-refractivity contribution is 5.96. The van der Waals surface area contributed by atoms with Gasteiger partial charge in [-0.05, 0) is 6.07 Å². The maximum Gasteiger partial charge on any atom is 0.257 e. The van der Waals surface area contributed by atoms with Gasteiger partial charge < -0.3 is 20.5 Å². The summed E-state index contributed by atoms with van der Waals surface area (Å²) in [6.07, 6.45) is 2.61. The molecule has 92 valence electrons. The minimum absolute atomic E-state index is 0.103. The van der Waals surface area contributed by atoms with E-state index in [9.17, 15) is 9.90 Å². The third kappa shape index (κ3) is 2.54. The Morgan fingerprint density at radius 2 is 2.53 bits per heavy atom. The molecular weight excluding hydrogens is 222 g/mol. The van der Waals surface area contributed by atoms with Gasteiger partial charge in [0.25, 0.3) is 5.91 Å². The average molecular weight is 237 g/mol. The summed E-state index contributed by atoms with van der Waals surface area (Å²) in [5, 5.41) is 9.57. The Morgan fingerprint density at radius 3 is 3.24 bits per heavy atom. The predicted octanol–water partition coefficient (Wildman–Crippen LogP) is -0.413. The second kappa shape index (κ2) is 5.11. The number of rotatable bonds is 2. The first-order valence-corrected chi connectivity index (χ1v) is 5.46. The second-order valence-electron chi connectivity index (χ2n) is 3.87. The number of hydrogen-bond donors (Lipinski definition) is 2. The normalized spacial score (nSPS) is 20.3. The lowest BCUT2D eigenvalue weighted by Gasteiger charge is -2.32. The number of carbonyl (C=O) groups excluding carboxylic acids is 1. The number of pyridine rings is 1. The maximum atomic E-state index is 12.1. The van der Waals surface area contributed by atoms with Crippen molar-refractivity contribution in [3.8, 4) is 5.75 Å². The first-order chi connectivity index (χ1) is 8.22. The fourth-order valence-electron chi connectivity index (χ4n) is 1.78. The largest absolute Gasteiger partial charge is 0.505 e. The van der Waals surface area contributed by atoms with Gasteiger partial charge in [-0.1, -0.05) is 0 Å². The van der Waals surface area contributed by atoms with Crippen molar-refractivity contribution in [1.29, 1.82) is 0 Å². The van der Waals surface area contributed by atoms with E-state index in [0.29, 0.717) is 26.2 Å². The van der Waals surface area contributed by atoms with Crippen LogP contribution in [0.5, 0.6) is 5.75 Å². The summed E-state index contributed by atoms with van der Waals surface area (Å²) in [5.41, 5.74) is 5.77. The van der Waals surface area contributed by atoms with Crippen LogP contribution < -0.4 is 5.73 Å². The van der Waals surface area contributed by atoms with Gasteiger partial charge in [-0.2, -0.15) is 0 Å². The van der Waals surface area contributed by atoms with Crippen LogP contribution in [0, 0.1) is 0 Å². The molecule has 1 aliphatic heterocycles. The van der Waals surface area contributed by atoms with E-state index in [4.69, 9.17) is 10.5 Å². The third-order valence-corrected chi connectivity index (χ3v) is 2.72. The fourth-order valence-corrected chi connectivity index (χ4v) is 1.78. The van der Waals surface area contributed by atoms with Crippen LogP contribution in [0.2, 0.25) is 0 Å². The molecule has 1 unspecified atom stereocenters. The highest BCUT2D eigenvalue weighted by Crippen LogP contribution is 2.17. The number of hydrogen-bond acceptors (Lipinski definition) is 5. The lowest BCUT2D eigenvalue weighted by atomic mass is 10.2. The Balaban J connectivity index is 2.12. The second-order valence-corrected chi connectivity index (χ2v) is 3.87. The molecule has 6 nitrogen and oxygen atoms in total. The molecule has 1 amide bonds. The summed E-state index contributed by atoms with van der Waals surface area (Å²) >= 11 is 0. The van der Waals surface area contributed by atoms with E-state index in [1.54, 1.807) is 4.90 Å². The molecule has 1 aliphatic rings. The molecule has 0 bridgehead atoms. The number of amides is 1. The van der Waals surface area contributed by atoms with Gasteiger partial charge in [0.15, 0.2) is 0 Å². The highest BCUT2D eigenvalue weighted by Gasteiger charge is 2.25. The summed E-state index contributed by atoms with van der Waals surface area (Å²) in [7, 11) is 0. The standard InChI is InChI=1S/C11H15N3O3/c12-5-8-7-14(3-4-17-8)11(16)9-1-2-13-6-10(9)15/h1-2,6,8,15H,3-5,7,12H2. The monoisotopic (exact) mass is 237 g/mol. The Kier molecular flexibility index (Phi) is 3.55. The van der Waals surface area contributed by atoms with Gasteiger partial charge in [0.1, 0.15) is 5.75 Å². The van der Waals surface area contributed by atoms with Crippen molar-refractivity contribution < 1.29 is 14.6 Å². The van der Waals surface area contributed by atoms with Crippen molar-refractivity contribution in [1.82, 2.24) is 9.88 Å². The van der Waals surface area contributed by atoms with Crippen LogP contribution in [0.3, 0.4) is 0 Å². The van der Waals surface area contributed by atoms with Crippen LogP contribution >= 0.6 is 0 Å². The van der Waals surface area contributed by atoms with E-state index >= 15 is 0 Å². The molecule has 2 rings (SSSR count). The van der Waals surface area contributed by atoms with Gasteiger partial charge >= 0.3 is 0 Å². The van der Waals surface area contributed by atoms with Crippen LogP contribution in [0.25, 0.3) is 0 Å². The average Bonchev–Trinajstić information content (AvgIpc) is 2.38. The molecule has 0 saturated carbocycles. The summed E-state index contributed by atoms with van der Waals surface area (Å²) in [6.45, 7) is 1.82. The van der Waals surface area contributed by atoms with E-state index in [0.717, 1.165) is 0 Å². The molecule has 2 heterocycles. The molecule has 17 heavy (non-hydrogen) atoms. The smallest absolute Gasteiger partial charge is 0.257 e. The van der Waals surface area contributed by atoms with Crippen LogP contribution in [0.15, 0.2) is 18.5 Å². The zero-order valence-electron chi connectivity index (χ0n) is 9.37. The van der Waals surface area contributed by atoms with Crippen LogP contribution in [0.1, 0.15) is 10.4 Å². The quantitative estimate of drug-likeness (QED) is 0.729. The Hall–Kier alpha value is -1.66. The highest BCUT2D eigenvalue weighted by atomic mass is 16.5. The van der Waals surface area contributed by atoms with Crippen molar-refractivity contribution in [2.24, 2.45) is 5.73 Å². The van der Waals surface area contributed by atoms with E-state index in [1.807, 2.05) is 0 Å². The fraction of sp³-hybridized carbons (Fsp3) is 0.455. The number of aromatic nitrogens is 1. The van der Waals surface area contributed by atoms with E-state index in [1.165, 1.54) is 18.5 Å². The number of carbonyl (C=O) groups is 1. The van der Waals surface area contributed by atoms with Gasteiger partial charge in [-0.3, -0.25) is 9.78 Å². The molecule has 1 saturated heterocycles. The summed E-state index contributed by atoms with van der Waals surface area (Å²) in [6, 6.07) is 1.50. The van der Waals surface area contributed by atoms with Gasteiger partial charge in [-0.15, -0.1) is 0 Å². The number of nitrogens with zero attached hydrogens (tertiary/aromatic N) is 2. The van der Waals surface area contributed by atoms with E-state index in [-0.39, 0.29) is 23.3 Å². The van der Waals surface area contributed by atoms with Crippen molar-refractivity contribution in [3.63, 3.8) is 0 Å². The molecule has 0 aliphatic carbocycles. The Labute approximate surface area is 99.0 Å². The van der Waals surface area contributed by atoms with E-state index in [2.05, 4.69) is 4.98 Å². The van der Waals surface area contributed by atoms with Crippen LogP contribution in [-0.2, 0) is 4.74 Å². The summed E-state index contributed by atoms with van der Waals surface area (Å²) in [4.78, 5) is 17.5. The topological polar surface area (TPSA) is 88.7 Å². The van der Waals surface area contributed by atoms with Gasteiger partial charge in [0, 0.05) is 25.8 Å². The lowest BCUT2D eigenvalue weighted by Crippen LogP contribution is -2.48. The molecule has 1 fully saturated rings. The molecule has 1 atom stereocenters. The predicted molar refractivity (Wildman–Crippen MR) is 60.6 cm³/mol. The van der Waals surface area contributed by atoms with Crippen molar-refractivity contribution in [2.75, 3.05) is 26.2 Å². The third-order valence-electron chi connectivity index (χ3n) is 2.72. The lowest BCUT2D eigenvalue weighted by molar-refractivity contribution is -0.0168. The zero-order chi connectivity index (χ0) is 12.3. The number of nitrogens with two attached hydrogens (primary N) is 1. The molecular formula is C11H15N3O3. The number of ether oxygens (including phenoxy) is 1. The van der Waals surface area contributed by atoms with Gasteiger partial charge in [0.05, 0.1) is 24.5 Å². The molecule has 6 heteroatoms. The molecule has 0 spiro atoms. The molecule has 0 aromatic carbocycles. The first kappa shape index (κ1) is 11.8. The minimum atomic E-state index is -0.216. The Bertz CT molecular complexity index is 411. The zero-order valence-corrected chi connectivity index (χ0v) is 9.37.